The first-order valence-corrected chi connectivity index (χ1v) is 4.21. The molecule has 0 atom stereocenters. The molecule has 0 radical (unpaired) electrons. The van der Waals surface area contributed by atoms with Gasteiger partial charge in [-0.2, -0.15) is 0 Å². The molecule has 1 aromatic heterocycles. The van der Waals surface area contributed by atoms with Crippen molar-refractivity contribution in [2.75, 3.05) is 0 Å². The Bertz CT molecular complexity index is 195. The summed E-state index contributed by atoms with van der Waals surface area (Å²) in [6, 6.07) is 0. The van der Waals surface area contributed by atoms with Crippen molar-refractivity contribution in [3.8, 4) is 4.75 Å². The summed E-state index contributed by atoms with van der Waals surface area (Å²) in [5.41, 5.74) is 0. The number of aromatic nitrogens is 1. The van der Waals surface area contributed by atoms with Gasteiger partial charge in [0.1, 0.15) is 0 Å². The van der Waals surface area contributed by atoms with Gasteiger partial charge in [-0.15, -0.1) is 0 Å². The van der Waals surface area contributed by atoms with Crippen molar-refractivity contribution in [3.05, 3.63) is 11.1 Å². The molecule has 0 unspecified atom stereocenters. The first-order chi connectivity index (χ1) is 4.29. The number of carbonyl (C=O) groups excluding carboxylic acids is 1. The van der Waals surface area contributed by atoms with Crippen molar-refractivity contribution in [1.82, 2.24) is 4.98 Å². The summed E-state index contributed by atoms with van der Waals surface area (Å²) < 4.78 is 5.24. The van der Waals surface area contributed by atoms with Crippen LogP contribution in [0, 0.1) is 0 Å². The van der Waals surface area contributed by atoms with Gasteiger partial charge in [0.2, 0.25) is 0 Å². The van der Waals surface area contributed by atoms with E-state index >= 15 is 0 Å². The fourth-order valence-corrected chi connectivity index (χ4v) is 1.49. The molecule has 0 aliphatic rings. The second kappa shape index (κ2) is 2.80. The Morgan fingerprint density at radius 1 is 1.89 bits per heavy atom. The first kappa shape index (κ1) is 6.52. The Labute approximate surface area is 58.4 Å². The number of esters is 1. The van der Waals surface area contributed by atoms with Crippen molar-refractivity contribution in [2.24, 2.45) is 0 Å². The molecule has 0 amide bonds. The average Bonchev–Trinajstić information content (AvgIpc) is 2.15. The molecule has 0 aromatic carbocycles. The zero-order chi connectivity index (χ0) is 6.69. The van der Waals surface area contributed by atoms with Crippen LogP contribution < -0.4 is 4.74 Å². The molecule has 0 aliphatic carbocycles. The van der Waals surface area contributed by atoms with E-state index in [4.69, 9.17) is 0 Å². The Morgan fingerprint density at radius 2 is 2.67 bits per heavy atom. The molecule has 0 aliphatic heterocycles. The third-order valence-electron chi connectivity index (χ3n) is 0.641. The van der Waals surface area contributed by atoms with Crippen LogP contribution in [0.2, 0.25) is 0 Å². The standard InChI is InChI=1S/C5H5NO2Se/c1-4(7)8-5-6-2-3-9-5/h2-3H,1H3. The fraction of sp³-hybridized carbons (Fsp3) is 0.200. The fourth-order valence-electron chi connectivity index (χ4n) is 0.384. The Morgan fingerprint density at radius 3 is 3.11 bits per heavy atom. The van der Waals surface area contributed by atoms with E-state index in [2.05, 4.69) is 9.72 Å². The first-order valence-electron chi connectivity index (χ1n) is 2.37. The number of hydrogen-bond acceptors (Lipinski definition) is 3. The van der Waals surface area contributed by atoms with E-state index in [0.29, 0.717) is 4.75 Å². The second-order valence-electron chi connectivity index (χ2n) is 1.39. The van der Waals surface area contributed by atoms with Gasteiger partial charge >= 0.3 is 57.8 Å². The molecule has 48 valence electrons. The topological polar surface area (TPSA) is 39.2 Å². The number of hydrogen-bond donors (Lipinski definition) is 0. The van der Waals surface area contributed by atoms with Crippen LogP contribution in [0.3, 0.4) is 0 Å². The van der Waals surface area contributed by atoms with Gasteiger partial charge in [-0.05, 0) is 0 Å². The molecule has 4 heteroatoms. The Balaban J connectivity index is 2.58. The predicted octanol–water partition coefficient (Wildman–Crippen LogP) is 0.0639. The van der Waals surface area contributed by atoms with Gasteiger partial charge in [-0.1, -0.05) is 0 Å². The minimum atomic E-state index is -0.292. The number of carbonyl (C=O) groups is 1. The van der Waals surface area contributed by atoms with Gasteiger partial charge in [0, 0.05) is 0 Å². The van der Waals surface area contributed by atoms with Crippen LogP contribution in [0.4, 0.5) is 0 Å². The molecule has 0 spiro atoms. The molecular weight excluding hydrogens is 185 g/mol. The van der Waals surface area contributed by atoms with Crippen LogP contribution in [-0.4, -0.2) is 25.5 Å². The Hall–Kier alpha value is -0.601. The summed E-state index contributed by atoms with van der Waals surface area (Å²) in [6.07, 6.45) is 1.65. The van der Waals surface area contributed by atoms with Crippen LogP contribution in [0.25, 0.3) is 0 Å². The zero-order valence-corrected chi connectivity index (χ0v) is 6.54. The van der Waals surface area contributed by atoms with Gasteiger partial charge in [0.25, 0.3) is 0 Å². The molecule has 9 heavy (non-hydrogen) atoms. The zero-order valence-electron chi connectivity index (χ0n) is 4.83. The van der Waals surface area contributed by atoms with Crippen molar-refractivity contribution in [3.63, 3.8) is 0 Å². The average molecular weight is 190 g/mol. The maximum absolute atomic E-state index is 10.3. The summed E-state index contributed by atoms with van der Waals surface area (Å²) in [4.78, 5) is 16.0. The van der Waals surface area contributed by atoms with E-state index in [-0.39, 0.29) is 20.5 Å². The predicted molar refractivity (Wildman–Crippen MR) is 32.5 cm³/mol. The molecule has 0 fully saturated rings. The number of ether oxygens (including phenoxy) is 1. The summed E-state index contributed by atoms with van der Waals surface area (Å²) in [6.45, 7) is 1.37. The van der Waals surface area contributed by atoms with Crippen molar-refractivity contribution in [1.29, 1.82) is 0 Å². The molecule has 1 rings (SSSR count). The normalized spacial score (nSPS) is 9.00. The summed E-state index contributed by atoms with van der Waals surface area (Å²) in [5.74, 6) is -0.292. The quantitative estimate of drug-likeness (QED) is 0.464. The van der Waals surface area contributed by atoms with Crippen LogP contribution in [0.1, 0.15) is 6.92 Å². The molecule has 0 saturated carbocycles. The molecule has 1 aromatic rings. The van der Waals surface area contributed by atoms with Crippen molar-refractivity contribution in [2.45, 2.75) is 6.92 Å². The van der Waals surface area contributed by atoms with Crippen LogP contribution in [0.5, 0.6) is 4.75 Å². The number of nitrogens with zero attached hydrogens (tertiary/aromatic N) is 1. The van der Waals surface area contributed by atoms with Crippen molar-refractivity contribution < 1.29 is 9.53 Å². The maximum atomic E-state index is 10.3. The monoisotopic (exact) mass is 191 g/mol. The molecule has 0 bridgehead atoms. The summed E-state index contributed by atoms with van der Waals surface area (Å²) in [5, 5.41) is 0. The van der Waals surface area contributed by atoms with Gasteiger partial charge in [-0.25, -0.2) is 0 Å². The number of rotatable bonds is 1. The van der Waals surface area contributed by atoms with E-state index in [0.717, 1.165) is 0 Å². The van der Waals surface area contributed by atoms with Gasteiger partial charge in [0.15, 0.2) is 0 Å². The van der Waals surface area contributed by atoms with Crippen LogP contribution >= 0.6 is 0 Å². The minimum absolute atomic E-state index is 0.145. The molecule has 0 saturated heterocycles. The third-order valence-corrected chi connectivity index (χ3v) is 2.00. The molecule has 1 heterocycles. The van der Waals surface area contributed by atoms with E-state index in [9.17, 15) is 4.79 Å². The third kappa shape index (κ3) is 1.99. The SMILES string of the molecule is CC(=O)Oc1ncc[se]1. The van der Waals surface area contributed by atoms with Gasteiger partial charge in [0.05, 0.1) is 0 Å². The van der Waals surface area contributed by atoms with E-state index in [1.54, 1.807) is 6.20 Å². The van der Waals surface area contributed by atoms with Crippen LogP contribution in [0.15, 0.2) is 11.1 Å². The second-order valence-corrected chi connectivity index (χ2v) is 3.19. The Kier molecular flexibility index (Phi) is 2.03. The summed E-state index contributed by atoms with van der Waals surface area (Å²) >= 11 is 0.145. The van der Waals surface area contributed by atoms with Crippen molar-refractivity contribution >= 4 is 20.5 Å². The van der Waals surface area contributed by atoms with E-state index in [1.807, 2.05) is 4.94 Å². The van der Waals surface area contributed by atoms with Crippen LogP contribution in [-0.2, 0) is 4.79 Å². The van der Waals surface area contributed by atoms with E-state index < -0.39 is 0 Å². The van der Waals surface area contributed by atoms with Gasteiger partial charge in [-0.3, -0.25) is 0 Å². The molecule has 3 nitrogen and oxygen atoms in total. The van der Waals surface area contributed by atoms with Gasteiger partial charge < -0.3 is 0 Å². The van der Waals surface area contributed by atoms with E-state index in [1.165, 1.54) is 6.92 Å². The molecule has 0 N–H and O–H groups in total. The molecular formula is C5H5NO2Se. The summed E-state index contributed by atoms with van der Waals surface area (Å²) in [7, 11) is 0.